The van der Waals surface area contributed by atoms with Crippen LogP contribution in [0.25, 0.3) is 0 Å². The minimum atomic E-state index is 0.0337. The van der Waals surface area contributed by atoms with Crippen LogP contribution in [0.15, 0.2) is 36.4 Å². The number of urea groups is 1. The molecule has 1 N–H and O–H groups in total. The highest BCUT2D eigenvalue weighted by atomic mass is 16.2. The molecule has 1 heterocycles. The van der Waals surface area contributed by atoms with E-state index in [1.165, 1.54) is 0 Å². The van der Waals surface area contributed by atoms with E-state index in [1.54, 1.807) is 0 Å². The summed E-state index contributed by atoms with van der Waals surface area (Å²) in [5.74, 6) is 1.29. The van der Waals surface area contributed by atoms with E-state index >= 15 is 0 Å². The van der Waals surface area contributed by atoms with E-state index in [4.69, 9.17) is 0 Å². The van der Waals surface area contributed by atoms with Crippen LogP contribution < -0.4 is 10.2 Å². The first-order valence-corrected chi connectivity index (χ1v) is 8.20. The third-order valence-corrected chi connectivity index (χ3v) is 4.94. The van der Waals surface area contributed by atoms with Gasteiger partial charge in [0.1, 0.15) is 0 Å². The van der Waals surface area contributed by atoms with Gasteiger partial charge in [-0.05, 0) is 43.7 Å². The van der Waals surface area contributed by atoms with Crippen LogP contribution in [-0.2, 0) is 0 Å². The highest BCUT2D eigenvalue weighted by molar-refractivity contribution is 5.93. The Morgan fingerprint density at radius 2 is 1.86 bits per heavy atom. The van der Waals surface area contributed by atoms with E-state index < -0.39 is 0 Å². The Bertz CT molecular complexity index is 553. The first-order chi connectivity index (χ1) is 10.7. The quantitative estimate of drug-likeness (QED) is 0.866. The molecule has 2 atom stereocenters. The molecule has 1 aliphatic heterocycles. The second-order valence-electron chi connectivity index (χ2n) is 6.33. The van der Waals surface area contributed by atoms with Gasteiger partial charge in [-0.2, -0.15) is 0 Å². The number of allylic oxidation sites excluding steroid dienone is 2. The topological polar surface area (TPSA) is 35.6 Å². The number of para-hydroxylation sites is 2. The first-order valence-electron chi connectivity index (χ1n) is 8.20. The molecule has 3 rings (SSSR count). The largest absolute Gasteiger partial charge is 0.373 e. The summed E-state index contributed by atoms with van der Waals surface area (Å²) >= 11 is 0. The summed E-state index contributed by atoms with van der Waals surface area (Å²) in [4.78, 5) is 16.7. The molecule has 2 amide bonds. The van der Waals surface area contributed by atoms with E-state index in [1.807, 2.05) is 36.2 Å². The maximum atomic E-state index is 12.6. The van der Waals surface area contributed by atoms with E-state index in [9.17, 15) is 4.79 Å². The zero-order valence-corrected chi connectivity index (χ0v) is 13.5. The third-order valence-electron chi connectivity index (χ3n) is 4.94. The van der Waals surface area contributed by atoms with Crippen molar-refractivity contribution in [1.29, 1.82) is 0 Å². The van der Waals surface area contributed by atoms with Crippen LogP contribution in [-0.4, -0.2) is 37.6 Å². The van der Waals surface area contributed by atoms with Crippen molar-refractivity contribution in [3.63, 3.8) is 0 Å². The maximum Gasteiger partial charge on any atom is 0.321 e. The van der Waals surface area contributed by atoms with Crippen LogP contribution in [0, 0.1) is 11.8 Å². The van der Waals surface area contributed by atoms with Gasteiger partial charge in [0, 0.05) is 26.7 Å². The Morgan fingerprint density at radius 3 is 2.50 bits per heavy atom. The molecule has 22 heavy (non-hydrogen) atoms. The summed E-state index contributed by atoms with van der Waals surface area (Å²) in [6.45, 7) is 4.78. The number of anilines is 2. The van der Waals surface area contributed by atoms with Gasteiger partial charge in [-0.1, -0.05) is 24.3 Å². The van der Waals surface area contributed by atoms with Gasteiger partial charge in [0.05, 0.1) is 11.4 Å². The van der Waals surface area contributed by atoms with Gasteiger partial charge in [0.15, 0.2) is 0 Å². The summed E-state index contributed by atoms with van der Waals surface area (Å²) in [5.41, 5.74) is 1.96. The van der Waals surface area contributed by atoms with Gasteiger partial charge in [-0.15, -0.1) is 0 Å². The number of hydrogen-bond donors (Lipinski definition) is 1. The minimum Gasteiger partial charge on any atom is -0.373 e. The number of carbonyl (C=O) groups excluding carboxylic acids is 1. The molecule has 0 radical (unpaired) electrons. The molecule has 4 heteroatoms. The Morgan fingerprint density at radius 1 is 1.23 bits per heavy atom. The molecule has 1 aromatic rings. The molecule has 1 fully saturated rings. The number of nitrogens with zero attached hydrogens (tertiary/aromatic N) is 2. The molecule has 2 unspecified atom stereocenters. The Labute approximate surface area is 132 Å². The first kappa shape index (κ1) is 14.9. The van der Waals surface area contributed by atoms with Crippen LogP contribution >= 0.6 is 0 Å². The summed E-state index contributed by atoms with van der Waals surface area (Å²) < 4.78 is 0. The predicted molar refractivity (Wildman–Crippen MR) is 91.3 cm³/mol. The van der Waals surface area contributed by atoms with Crippen molar-refractivity contribution < 1.29 is 4.79 Å². The number of nitrogens with one attached hydrogen (secondary N) is 1. The Hall–Kier alpha value is -1.97. The van der Waals surface area contributed by atoms with E-state index in [-0.39, 0.29) is 6.03 Å². The SMILES string of the molecule is CCN(C)c1ccccc1NC(=O)N1CC2CC=CCC2C1. The average molecular weight is 299 g/mol. The van der Waals surface area contributed by atoms with Crippen LogP contribution in [0.4, 0.5) is 16.2 Å². The van der Waals surface area contributed by atoms with Gasteiger partial charge in [0.25, 0.3) is 0 Å². The number of carbonyl (C=O) groups is 1. The summed E-state index contributed by atoms with van der Waals surface area (Å²) in [6, 6.07) is 8.03. The Kier molecular flexibility index (Phi) is 4.36. The van der Waals surface area contributed by atoms with Gasteiger partial charge < -0.3 is 15.1 Å². The molecule has 1 aromatic carbocycles. The third kappa shape index (κ3) is 2.96. The molecule has 0 saturated carbocycles. The monoisotopic (exact) mass is 299 g/mol. The molecular weight excluding hydrogens is 274 g/mol. The van der Waals surface area contributed by atoms with Crippen LogP contribution in [0.2, 0.25) is 0 Å². The molecule has 1 saturated heterocycles. The number of likely N-dealkylation sites (tertiary alicyclic amines) is 1. The fraction of sp³-hybridized carbons (Fsp3) is 0.500. The molecule has 2 aliphatic rings. The lowest BCUT2D eigenvalue weighted by atomic mass is 9.86. The van der Waals surface area contributed by atoms with Crippen LogP contribution in [0.1, 0.15) is 19.8 Å². The lowest BCUT2D eigenvalue weighted by Crippen LogP contribution is -2.33. The van der Waals surface area contributed by atoms with Crippen molar-refractivity contribution in [1.82, 2.24) is 4.90 Å². The molecule has 0 spiro atoms. The van der Waals surface area contributed by atoms with E-state index in [2.05, 4.69) is 29.3 Å². The fourth-order valence-electron chi connectivity index (χ4n) is 3.46. The fourth-order valence-corrected chi connectivity index (χ4v) is 3.46. The smallest absolute Gasteiger partial charge is 0.321 e. The second kappa shape index (κ2) is 6.42. The van der Waals surface area contributed by atoms with Crippen molar-refractivity contribution in [3.8, 4) is 0 Å². The zero-order chi connectivity index (χ0) is 15.5. The Balaban J connectivity index is 1.68. The van der Waals surface area contributed by atoms with Gasteiger partial charge in [-0.25, -0.2) is 4.79 Å². The van der Waals surface area contributed by atoms with Gasteiger partial charge >= 0.3 is 6.03 Å². The molecule has 0 bridgehead atoms. The predicted octanol–water partition coefficient (Wildman–Crippen LogP) is 3.57. The average Bonchev–Trinajstić information content (AvgIpc) is 2.99. The number of hydrogen-bond acceptors (Lipinski definition) is 2. The summed E-state index contributed by atoms with van der Waals surface area (Å²) in [5, 5.41) is 3.10. The zero-order valence-electron chi connectivity index (χ0n) is 13.5. The molecular formula is C18H25N3O. The molecule has 1 aliphatic carbocycles. The van der Waals surface area contributed by atoms with E-state index in [0.717, 1.165) is 43.9 Å². The van der Waals surface area contributed by atoms with Gasteiger partial charge in [-0.3, -0.25) is 0 Å². The highest BCUT2D eigenvalue weighted by Crippen LogP contribution is 2.33. The van der Waals surface area contributed by atoms with Crippen molar-refractivity contribution >= 4 is 17.4 Å². The number of rotatable bonds is 3. The van der Waals surface area contributed by atoms with Crippen molar-refractivity contribution in [3.05, 3.63) is 36.4 Å². The summed E-state index contributed by atoms with van der Waals surface area (Å²) in [7, 11) is 2.04. The lowest BCUT2D eigenvalue weighted by molar-refractivity contribution is 0.220. The number of benzene rings is 1. The van der Waals surface area contributed by atoms with Crippen LogP contribution in [0.5, 0.6) is 0 Å². The van der Waals surface area contributed by atoms with Crippen molar-refractivity contribution in [2.24, 2.45) is 11.8 Å². The number of amides is 2. The van der Waals surface area contributed by atoms with Crippen molar-refractivity contribution in [2.75, 3.05) is 36.9 Å². The standard InChI is InChI=1S/C18H25N3O/c1-3-20(2)17-11-7-6-10-16(17)19-18(22)21-12-14-8-4-5-9-15(14)13-21/h4-7,10-11,14-15H,3,8-9,12-13H2,1-2H3,(H,19,22). The van der Waals surface area contributed by atoms with Gasteiger partial charge in [0.2, 0.25) is 0 Å². The maximum absolute atomic E-state index is 12.6. The summed E-state index contributed by atoms with van der Waals surface area (Å²) in [6.07, 6.45) is 6.75. The molecule has 118 valence electrons. The molecule has 0 aromatic heterocycles. The normalized spacial score (nSPS) is 23.3. The van der Waals surface area contributed by atoms with Crippen LogP contribution in [0.3, 0.4) is 0 Å². The number of fused-ring (bicyclic) bond motifs is 1. The van der Waals surface area contributed by atoms with Crippen molar-refractivity contribution in [2.45, 2.75) is 19.8 Å². The second-order valence-corrected chi connectivity index (χ2v) is 6.33. The lowest BCUT2D eigenvalue weighted by Gasteiger charge is -2.23. The minimum absolute atomic E-state index is 0.0337. The van der Waals surface area contributed by atoms with E-state index in [0.29, 0.717) is 11.8 Å². The highest BCUT2D eigenvalue weighted by Gasteiger charge is 2.35. The molecule has 4 nitrogen and oxygen atoms in total.